The molecular weight excluding hydrogens is 374 g/mol. The zero-order chi connectivity index (χ0) is 20.2. The monoisotopic (exact) mass is 395 g/mol. The number of nitrogens with zero attached hydrogens (tertiary/aromatic N) is 2. The molecule has 2 aromatic carbocycles. The van der Waals surface area contributed by atoms with Gasteiger partial charge in [0, 0.05) is 12.5 Å². The van der Waals surface area contributed by atoms with Crippen molar-refractivity contribution in [1.29, 1.82) is 0 Å². The summed E-state index contributed by atoms with van der Waals surface area (Å²) < 4.78 is 17.8. The van der Waals surface area contributed by atoms with Gasteiger partial charge in [-0.2, -0.15) is 5.10 Å². The van der Waals surface area contributed by atoms with Gasteiger partial charge < -0.3 is 19.5 Å². The number of para-hydroxylation sites is 2. The number of aromatic nitrogens is 2. The normalized spacial score (nSPS) is 15.3. The van der Waals surface area contributed by atoms with Gasteiger partial charge in [-0.15, -0.1) is 0 Å². The number of amides is 1. The van der Waals surface area contributed by atoms with E-state index in [1.54, 1.807) is 31.4 Å². The fourth-order valence-corrected chi connectivity index (χ4v) is 3.20. The average molecular weight is 395 g/mol. The van der Waals surface area contributed by atoms with Crippen molar-refractivity contribution in [3.63, 3.8) is 0 Å². The molecule has 8 nitrogen and oxygen atoms in total. The fourth-order valence-electron chi connectivity index (χ4n) is 3.20. The lowest BCUT2D eigenvalue weighted by atomic mass is 10.1. The highest BCUT2D eigenvalue weighted by Gasteiger charge is 2.27. The zero-order valence-electron chi connectivity index (χ0n) is 16.0. The molecule has 1 unspecified atom stereocenters. The first-order valence-electron chi connectivity index (χ1n) is 9.31. The summed E-state index contributed by atoms with van der Waals surface area (Å²) in [6.07, 6.45) is -0.754. The third-order valence-electron chi connectivity index (χ3n) is 4.68. The molecular formula is C21H21N3O5. The summed E-state index contributed by atoms with van der Waals surface area (Å²) in [6, 6.07) is 14.4. The van der Waals surface area contributed by atoms with Crippen LogP contribution in [0.1, 0.15) is 5.69 Å². The van der Waals surface area contributed by atoms with Gasteiger partial charge in [0.25, 0.3) is 11.5 Å². The van der Waals surface area contributed by atoms with Gasteiger partial charge in [-0.1, -0.05) is 30.3 Å². The molecule has 1 aliphatic rings. The molecule has 0 aliphatic carbocycles. The molecule has 0 bridgehead atoms. The van der Waals surface area contributed by atoms with Crippen molar-refractivity contribution in [2.75, 3.05) is 20.3 Å². The predicted octanol–water partition coefficient (Wildman–Crippen LogP) is 1.50. The van der Waals surface area contributed by atoms with Crippen LogP contribution < -0.4 is 20.3 Å². The molecule has 1 amide bonds. The first-order chi connectivity index (χ1) is 14.2. The van der Waals surface area contributed by atoms with E-state index in [4.69, 9.17) is 14.2 Å². The first-order valence-corrected chi connectivity index (χ1v) is 9.31. The van der Waals surface area contributed by atoms with E-state index in [9.17, 15) is 9.59 Å². The SMILES string of the molecule is COCCn1nc(CNC(=O)C2COc3ccccc3O2)c2ccccc2c1=O. The maximum atomic E-state index is 12.6. The highest BCUT2D eigenvalue weighted by molar-refractivity contribution is 5.85. The number of hydrogen-bond donors (Lipinski definition) is 1. The van der Waals surface area contributed by atoms with Crippen LogP contribution >= 0.6 is 0 Å². The Kier molecular flexibility index (Phi) is 5.44. The van der Waals surface area contributed by atoms with Gasteiger partial charge in [0.05, 0.1) is 30.8 Å². The fraction of sp³-hybridized carbons (Fsp3) is 0.286. The number of ether oxygens (including phenoxy) is 3. The Labute approximate surface area is 167 Å². The maximum absolute atomic E-state index is 12.6. The maximum Gasteiger partial charge on any atom is 0.274 e. The number of carbonyl (C=O) groups excluding carboxylic acids is 1. The lowest BCUT2D eigenvalue weighted by molar-refractivity contribution is -0.130. The van der Waals surface area contributed by atoms with Crippen LogP contribution in [-0.4, -0.2) is 42.1 Å². The first kappa shape index (κ1) is 18.9. The summed E-state index contributed by atoms with van der Waals surface area (Å²) in [5.74, 6) is 0.852. The lowest BCUT2D eigenvalue weighted by Gasteiger charge is -2.25. The van der Waals surface area contributed by atoms with Gasteiger partial charge in [-0.25, -0.2) is 4.68 Å². The summed E-state index contributed by atoms with van der Waals surface area (Å²) in [7, 11) is 1.57. The summed E-state index contributed by atoms with van der Waals surface area (Å²) in [5.41, 5.74) is 0.412. The zero-order valence-corrected chi connectivity index (χ0v) is 16.0. The van der Waals surface area contributed by atoms with E-state index in [0.717, 1.165) is 0 Å². The van der Waals surface area contributed by atoms with Crippen molar-refractivity contribution >= 4 is 16.7 Å². The van der Waals surface area contributed by atoms with Gasteiger partial charge in [0.2, 0.25) is 6.10 Å². The Morgan fingerprint density at radius 2 is 1.90 bits per heavy atom. The van der Waals surface area contributed by atoms with Gasteiger partial charge in [-0.3, -0.25) is 9.59 Å². The highest BCUT2D eigenvalue weighted by atomic mass is 16.6. The minimum atomic E-state index is -0.754. The number of fused-ring (bicyclic) bond motifs is 2. The molecule has 4 rings (SSSR count). The number of benzene rings is 2. The molecule has 0 fully saturated rings. The Balaban J connectivity index is 1.53. The van der Waals surface area contributed by atoms with Crippen LogP contribution in [0.4, 0.5) is 0 Å². The van der Waals surface area contributed by atoms with Gasteiger partial charge >= 0.3 is 0 Å². The van der Waals surface area contributed by atoms with E-state index in [1.807, 2.05) is 24.3 Å². The smallest absolute Gasteiger partial charge is 0.274 e. The number of hydrogen-bond acceptors (Lipinski definition) is 6. The molecule has 1 aliphatic heterocycles. The molecule has 150 valence electrons. The molecule has 0 radical (unpaired) electrons. The molecule has 1 aromatic heterocycles. The number of methoxy groups -OCH3 is 1. The Hall–Kier alpha value is -3.39. The van der Waals surface area contributed by atoms with Crippen molar-refractivity contribution in [3.8, 4) is 11.5 Å². The van der Waals surface area contributed by atoms with Crippen molar-refractivity contribution in [2.24, 2.45) is 0 Å². The lowest BCUT2D eigenvalue weighted by Crippen LogP contribution is -2.44. The van der Waals surface area contributed by atoms with Gasteiger partial charge in [0.15, 0.2) is 11.5 Å². The molecule has 29 heavy (non-hydrogen) atoms. The number of nitrogens with one attached hydrogen (secondary N) is 1. The molecule has 2 heterocycles. The van der Waals surface area contributed by atoms with Crippen LogP contribution in [0.5, 0.6) is 11.5 Å². The molecule has 8 heteroatoms. The van der Waals surface area contributed by atoms with Crippen LogP contribution in [0.2, 0.25) is 0 Å². The van der Waals surface area contributed by atoms with E-state index < -0.39 is 6.10 Å². The number of rotatable bonds is 6. The molecule has 3 aromatic rings. The summed E-state index contributed by atoms with van der Waals surface area (Å²) in [4.78, 5) is 25.2. The molecule has 0 saturated heterocycles. The molecule has 0 saturated carbocycles. The quantitative estimate of drug-likeness (QED) is 0.680. The second-order valence-corrected chi connectivity index (χ2v) is 6.60. The van der Waals surface area contributed by atoms with Crippen LogP contribution in [0, 0.1) is 0 Å². The van der Waals surface area contributed by atoms with Crippen molar-refractivity contribution in [2.45, 2.75) is 19.2 Å². The van der Waals surface area contributed by atoms with E-state index >= 15 is 0 Å². The van der Waals surface area contributed by atoms with Crippen molar-refractivity contribution < 1.29 is 19.0 Å². The predicted molar refractivity (Wildman–Crippen MR) is 106 cm³/mol. The second-order valence-electron chi connectivity index (χ2n) is 6.60. The Morgan fingerprint density at radius 1 is 1.17 bits per heavy atom. The van der Waals surface area contributed by atoms with Crippen molar-refractivity contribution in [1.82, 2.24) is 15.1 Å². The van der Waals surface area contributed by atoms with E-state index in [1.165, 1.54) is 4.68 Å². The minimum absolute atomic E-state index is 0.129. The average Bonchev–Trinajstić information content (AvgIpc) is 2.77. The summed E-state index contributed by atoms with van der Waals surface area (Å²) >= 11 is 0. The highest BCUT2D eigenvalue weighted by Crippen LogP contribution is 2.30. The van der Waals surface area contributed by atoms with E-state index in [0.29, 0.717) is 41.1 Å². The summed E-state index contributed by atoms with van der Waals surface area (Å²) in [5, 5.41) is 8.53. The van der Waals surface area contributed by atoms with Crippen LogP contribution in [0.25, 0.3) is 10.8 Å². The standard InChI is InChI=1S/C21H21N3O5/c1-27-11-10-24-21(26)15-7-3-2-6-14(15)16(23-24)12-22-20(25)19-13-28-17-8-4-5-9-18(17)29-19/h2-9,19H,10-13H2,1H3,(H,22,25). The van der Waals surface area contributed by atoms with Crippen molar-refractivity contribution in [3.05, 3.63) is 64.6 Å². The molecule has 0 spiro atoms. The minimum Gasteiger partial charge on any atom is -0.485 e. The van der Waals surface area contributed by atoms with Crippen LogP contribution in [0.15, 0.2) is 53.3 Å². The number of carbonyl (C=O) groups is 1. The largest absolute Gasteiger partial charge is 0.485 e. The van der Waals surface area contributed by atoms with Gasteiger partial charge in [0.1, 0.15) is 6.61 Å². The third-order valence-corrected chi connectivity index (χ3v) is 4.68. The Morgan fingerprint density at radius 3 is 2.69 bits per heavy atom. The van der Waals surface area contributed by atoms with E-state index in [-0.39, 0.29) is 24.6 Å². The van der Waals surface area contributed by atoms with Gasteiger partial charge in [-0.05, 0) is 18.2 Å². The topological polar surface area (TPSA) is 91.7 Å². The van der Waals surface area contributed by atoms with Crippen LogP contribution in [0.3, 0.4) is 0 Å². The summed E-state index contributed by atoms with van der Waals surface area (Å²) in [6.45, 7) is 0.986. The van der Waals surface area contributed by atoms with Crippen LogP contribution in [-0.2, 0) is 22.6 Å². The second kappa shape index (κ2) is 8.32. The third kappa shape index (κ3) is 3.93. The Bertz CT molecular complexity index is 1100. The molecule has 1 N–H and O–H groups in total. The molecule has 1 atom stereocenters. The van der Waals surface area contributed by atoms with E-state index in [2.05, 4.69) is 10.4 Å².